The van der Waals surface area contributed by atoms with Gasteiger partial charge in [0.2, 0.25) is 0 Å². The molecule has 0 N–H and O–H groups in total. The minimum Gasteiger partial charge on any atom is -0.462 e. The second kappa shape index (κ2) is 62.9. The van der Waals surface area contributed by atoms with Crippen LogP contribution in [0.5, 0.6) is 0 Å². The van der Waals surface area contributed by atoms with Crippen LogP contribution in [0.25, 0.3) is 0 Å². The number of ether oxygens (including phenoxy) is 3. The molecule has 0 aliphatic heterocycles. The number of unbranched alkanes of at least 4 members (excludes halogenated alkanes) is 41. The first-order valence-corrected chi connectivity index (χ1v) is 32.6. The van der Waals surface area contributed by atoms with E-state index in [4.69, 9.17) is 14.2 Å². The maximum Gasteiger partial charge on any atom is 0.306 e. The third-order valence-corrected chi connectivity index (χ3v) is 14.6. The molecule has 0 rings (SSSR count). The Labute approximate surface area is 460 Å². The SMILES string of the molecule is CCCCC/C=C\C/C=C\CCCCCCCCCC(=O)OC(COC(=O)CCCCCCCCCCCCC/C=C\C/C=C\CCCCCCC)COC(=O)CCCCCCCCCCCCCCCCCC. The van der Waals surface area contributed by atoms with Crippen LogP contribution in [0.3, 0.4) is 0 Å². The molecule has 0 amide bonds. The molecular weight excluding hydrogens is 913 g/mol. The summed E-state index contributed by atoms with van der Waals surface area (Å²) in [5, 5.41) is 0. The fraction of sp³-hybridized carbons (Fsp3) is 0.838. The largest absolute Gasteiger partial charge is 0.462 e. The normalized spacial score (nSPS) is 12.3. The van der Waals surface area contributed by atoms with Crippen LogP contribution >= 0.6 is 0 Å². The van der Waals surface area contributed by atoms with Gasteiger partial charge in [0.05, 0.1) is 0 Å². The Balaban J connectivity index is 4.32. The van der Waals surface area contributed by atoms with Crippen LogP contribution in [0.4, 0.5) is 0 Å². The van der Waals surface area contributed by atoms with Crippen LogP contribution in [0.2, 0.25) is 0 Å². The highest BCUT2D eigenvalue weighted by Gasteiger charge is 2.19. The molecule has 0 aliphatic rings. The van der Waals surface area contributed by atoms with Crippen LogP contribution in [0.15, 0.2) is 48.6 Å². The van der Waals surface area contributed by atoms with Crippen molar-refractivity contribution in [2.45, 2.75) is 354 Å². The standard InChI is InChI=1S/C68H124O6/c1-4-7-10-13-16-19-22-25-28-31-32-33-34-35-36-38-40-43-46-49-52-55-58-61-67(70)73-64-65(63-72-66(69)60-57-54-51-48-45-42-39-30-27-24-21-18-15-12-9-6-3)74-68(71)62-59-56-53-50-47-44-41-37-29-26-23-20-17-14-11-8-5-2/h17,20,22,25-26,29,31-32,65H,4-16,18-19,21,23-24,27-28,30,33-64H2,1-3H3/b20-17-,25-22-,29-26-,32-31-. The monoisotopic (exact) mass is 1040 g/mol. The first-order chi connectivity index (χ1) is 36.5. The van der Waals surface area contributed by atoms with E-state index >= 15 is 0 Å². The highest BCUT2D eigenvalue weighted by molar-refractivity contribution is 5.71. The maximum absolute atomic E-state index is 12.9. The number of allylic oxidation sites excluding steroid dienone is 8. The van der Waals surface area contributed by atoms with Crippen molar-refractivity contribution in [2.75, 3.05) is 13.2 Å². The molecule has 0 radical (unpaired) electrons. The lowest BCUT2D eigenvalue weighted by molar-refractivity contribution is -0.167. The smallest absolute Gasteiger partial charge is 0.306 e. The van der Waals surface area contributed by atoms with Crippen molar-refractivity contribution >= 4 is 17.9 Å². The summed E-state index contributed by atoms with van der Waals surface area (Å²) in [6, 6.07) is 0. The minimum atomic E-state index is -0.777. The van der Waals surface area contributed by atoms with Gasteiger partial charge in [-0.1, -0.05) is 294 Å². The van der Waals surface area contributed by atoms with Crippen molar-refractivity contribution in [3.05, 3.63) is 48.6 Å². The topological polar surface area (TPSA) is 78.9 Å². The average Bonchev–Trinajstić information content (AvgIpc) is 3.40. The molecule has 0 bridgehead atoms. The third-order valence-electron chi connectivity index (χ3n) is 14.6. The Kier molecular flexibility index (Phi) is 60.7. The van der Waals surface area contributed by atoms with Gasteiger partial charge >= 0.3 is 17.9 Å². The summed E-state index contributed by atoms with van der Waals surface area (Å²) in [7, 11) is 0. The molecule has 0 aromatic heterocycles. The molecule has 1 unspecified atom stereocenters. The zero-order valence-electron chi connectivity index (χ0n) is 49.6. The van der Waals surface area contributed by atoms with Gasteiger partial charge in [-0.3, -0.25) is 14.4 Å². The summed E-state index contributed by atoms with van der Waals surface area (Å²) in [6.07, 6.45) is 78.2. The average molecular weight is 1040 g/mol. The number of rotatable bonds is 60. The number of hydrogen-bond acceptors (Lipinski definition) is 6. The van der Waals surface area contributed by atoms with Gasteiger partial charge in [0, 0.05) is 19.3 Å². The fourth-order valence-electron chi connectivity index (χ4n) is 9.62. The van der Waals surface area contributed by atoms with Crippen molar-refractivity contribution in [1.29, 1.82) is 0 Å². The van der Waals surface area contributed by atoms with Crippen LogP contribution in [-0.2, 0) is 28.6 Å². The van der Waals surface area contributed by atoms with E-state index in [1.165, 1.54) is 231 Å². The van der Waals surface area contributed by atoms with Crippen molar-refractivity contribution in [1.82, 2.24) is 0 Å². The summed E-state index contributed by atoms with van der Waals surface area (Å²) in [5.74, 6) is -0.861. The molecule has 1 atom stereocenters. The fourth-order valence-corrected chi connectivity index (χ4v) is 9.62. The highest BCUT2D eigenvalue weighted by Crippen LogP contribution is 2.17. The summed E-state index contributed by atoms with van der Waals surface area (Å²) in [5.41, 5.74) is 0. The maximum atomic E-state index is 12.9. The lowest BCUT2D eigenvalue weighted by Gasteiger charge is -2.18. The first kappa shape index (κ1) is 71.4. The Morgan fingerprint density at radius 3 is 0.770 bits per heavy atom. The molecular formula is C68H124O6. The number of carbonyl (C=O) groups excluding carboxylic acids is 3. The molecule has 0 saturated carbocycles. The van der Waals surface area contributed by atoms with E-state index < -0.39 is 6.10 Å². The molecule has 6 heteroatoms. The summed E-state index contributed by atoms with van der Waals surface area (Å²) >= 11 is 0. The highest BCUT2D eigenvalue weighted by atomic mass is 16.6. The van der Waals surface area contributed by atoms with Gasteiger partial charge in [-0.25, -0.2) is 0 Å². The van der Waals surface area contributed by atoms with Gasteiger partial charge in [-0.2, -0.15) is 0 Å². The Bertz CT molecular complexity index is 1280. The van der Waals surface area contributed by atoms with Crippen molar-refractivity contribution < 1.29 is 28.6 Å². The molecule has 0 aromatic rings. The van der Waals surface area contributed by atoms with Crippen molar-refractivity contribution in [3.8, 4) is 0 Å². The van der Waals surface area contributed by atoms with E-state index in [2.05, 4.69) is 69.4 Å². The van der Waals surface area contributed by atoms with Gasteiger partial charge in [0.1, 0.15) is 13.2 Å². The second-order valence-electron chi connectivity index (χ2n) is 22.0. The number of hydrogen-bond donors (Lipinski definition) is 0. The number of esters is 3. The van der Waals surface area contributed by atoms with E-state index in [0.29, 0.717) is 19.3 Å². The molecule has 0 aromatic carbocycles. The lowest BCUT2D eigenvalue weighted by atomic mass is 10.0. The lowest BCUT2D eigenvalue weighted by Crippen LogP contribution is -2.30. The summed E-state index contributed by atoms with van der Waals surface area (Å²) < 4.78 is 17.0. The van der Waals surface area contributed by atoms with Crippen molar-refractivity contribution in [2.24, 2.45) is 0 Å². The summed E-state index contributed by atoms with van der Waals surface area (Å²) in [4.78, 5) is 38.3. The second-order valence-corrected chi connectivity index (χ2v) is 22.0. The van der Waals surface area contributed by atoms with Gasteiger partial charge < -0.3 is 14.2 Å². The van der Waals surface area contributed by atoms with Gasteiger partial charge in [0.15, 0.2) is 6.10 Å². The van der Waals surface area contributed by atoms with Gasteiger partial charge in [-0.15, -0.1) is 0 Å². The van der Waals surface area contributed by atoms with Crippen LogP contribution in [0.1, 0.15) is 348 Å². The third kappa shape index (κ3) is 60.2. The van der Waals surface area contributed by atoms with Crippen LogP contribution < -0.4 is 0 Å². The summed E-state index contributed by atoms with van der Waals surface area (Å²) in [6.45, 7) is 6.65. The predicted molar refractivity (Wildman–Crippen MR) is 321 cm³/mol. The van der Waals surface area contributed by atoms with E-state index in [-0.39, 0.29) is 31.1 Å². The quantitative estimate of drug-likeness (QED) is 0.0261. The molecule has 0 spiro atoms. The van der Waals surface area contributed by atoms with Crippen LogP contribution in [-0.4, -0.2) is 37.2 Å². The zero-order chi connectivity index (χ0) is 53.6. The van der Waals surface area contributed by atoms with E-state index in [1.54, 1.807) is 0 Å². The molecule has 6 nitrogen and oxygen atoms in total. The zero-order valence-corrected chi connectivity index (χ0v) is 49.6. The van der Waals surface area contributed by atoms with Crippen molar-refractivity contribution in [3.63, 3.8) is 0 Å². The molecule has 0 aliphatic carbocycles. The molecule has 0 saturated heterocycles. The molecule has 432 valence electrons. The van der Waals surface area contributed by atoms with Crippen LogP contribution in [0, 0.1) is 0 Å². The molecule has 74 heavy (non-hydrogen) atoms. The minimum absolute atomic E-state index is 0.0730. The Morgan fingerprint density at radius 1 is 0.270 bits per heavy atom. The Morgan fingerprint density at radius 2 is 0.486 bits per heavy atom. The predicted octanol–water partition coefficient (Wildman–Crippen LogP) is 22.2. The molecule has 0 fully saturated rings. The van der Waals surface area contributed by atoms with Gasteiger partial charge in [-0.05, 0) is 83.5 Å². The number of carbonyl (C=O) groups is 3. The van der Waals surface area contributed by atoms with E-state index in [0.717, 1.165) is 77.0 Å². The van der Waals surface area contributed by atoms with E-state index in [1.807, 2.05) is 0 Å². The van der Waals surface area contributed by atoms with Gasteiger partial charge in [0.25, 0.3) is 0 Å². The first-order valence-electron chi connectivity index (χ1n) is 32.6. The van der Waals surface area contributed by atoms with E-state index in [9.17, 15) is 14.4 Å². The Hall–Kier alpha value is -2.63. The molecule has 0 heterocycles.